The second kappa shape index (κ2) is 23.0. The molecule has 0 aliphatic carbocycles. The van der Waals surface area contributed by atoms with Gasteiger partial charge in [0.2, 0.25) is 0 Å². The normalized spacial score (nSPS) is 11.5. The first-order valence-electron chi connectivity index (χ1n) is 15.8. The van der Waals surface area contributed by atoms with Gasteiger partial charge >= 0.3 is 149 Å². The zero-order chi connectivity index (χ0) is 30.3. The molecule has 0 atom stereocenters. The summed E-state index contributed by atoms with van der Waals surface area (Å²) < 4.78 is 0. The Morgan fingerprint density at radius 2 is 0.829 bits per heavy atom. The predicted molar refractivity (Wildman–Crippen MR) is 184 cm³/mol. The van der Waals surface area contributed by atoms with E-state index in [0.29, 0.717) is 9.79 Å². The molecule has 0 radical (unpaired) electrons. The first kappa shape index (κ1) is 37.5. The van der Waals surface area contributed by atoms with Crippen LogP contribution in [0.25, 0.3) is 0 Å². The van der Waals surface area contributed by atoms with Gasteiger partial charge in [0.15, 0.2) is 0 Å². The van der Waals surface area contributed by atoms with Gasteiger partial charge in [0.25, 0.3) is 0 Å². The van der Waals surface area contributed by atoms with Crippen LogP contribution < -0.4 is 0 Å². The van der Waals surface area contributed by atoms with Gasteiger partial charge in [-0.25, -0.2) is 9.59 Å². The van der Waals surface area contributed by atoms with E-state index in [2.05, 4.69) is 27.7 Å². The first-order chi connectivity index (χ1) is 19.8. The molecule has 0 heterocycles. The molecule has 7 heteroatoms. The summed E-state index contributed by atoms with van der Waals surface area (Å²) in [6, 6.07) is 13.3. The summed E-state index contributed by atoms with van der Waals surface area (Å²) in [5.41, 5.74) is 0.413. The molecule has 0 aromatic heterocycles. The Bertz CT molecular complexity index is 895. The van der Waals surface area contributed by atoms with Gasteiger partial charge < -0.3 is 10.2 Å². The Morgan fingerprint density at radius 1 is 0.537 bits per heavy atom. The average molecular weight is 623 g/mol. The van der Waals surface area contributed by atoms with Crippen molar-refractivity contribution in [2.75, 3.05) is 24.6 Å². The fraction of sp³-hybridized carbons (Fsp3) is 0.588. The molecule has 0 aliphatic rings. The maximum Gasteiger partial charge on any atom is 0.336 e. The summed E-state index contributed by atoms with van der Waals surface area (Å²) in [7, 11) is 1.52. The minimum Gasteiger partial charge on any atom is -0.478 e. The first-order valence-corrected chi connectivity index (χ1v) is 20.8. The molecular formula is C34H55O4PS2. The summed E-state index contributed by atoms with van der Waals surface area (Å²) >= 11 is 0. The minimum absolute atomic E-state index is 0.206. The van der Waals surface area contributed by atoms with E-state index < -0.39 is 19.2 Å². The van der Waals surface area contributed by atoms with Crippen LogP contribution in [-0.2, 0) is 0 Å². The van der Waals surface area contributed by atoms with Gasteiger partial charge in [0, 0.05) is 9.79 Å². The molecule has 4 nitrogen and oxygen atoms in total. The molecular weight excluding hydrogens is 567 g/mol. The second-order valence-corrected chi connectivity index (χ2v) is 18.3. The Kier molecular flexibility index (Phi) is 21.1. The van der Waals surface area contributed by atoms with E-state index in [9.17, 15) is 9.59 Å². The topological polar surface area (TPSA) is 74.6 Å². The molecule has 0 fully saturated rings. The van der Waals surface area contributed by atoms with E-state index in [1.165, 1.54) is 111 Å². The SMILES string of the molecule is CCCCC[PH](CCCCC)(CCCCC)CCCCC.O=C(O)c1ccccc1SSc1ccccc1C(=O)O. The third kappa shape index (κ3) is 15.5. The number of benzene rings is 2. The second-order valence-electron chi connectivity index (χ2n) is 11.1. The van der Waals surface area contributed by atoms with Crippen LogP contribution in [0.4, 0.5) is 0 Å². The molecule has 0 spiro atoms. The Hall–Kier alpha value is -1.49. The van der Waals surface area contributed by atoms with E-state index >= 15 is 0 Å². The number of rotatable bonds is 21. The molecule has 0 aliphatic heterocycles. The predicted octanol–water partition coefficient (Wildman–Crippen LogP) is 11.4. The summed E-state index contributed by atoms with van der Waals surface area (Å²) in [5, 5.41) is 18.2. The molecule has 0 unspecified atom stereocenters. The molecule has 2 rings (SSSR count). The monoisotopic (exact) mass is 622 g/mol. The summed E-state index contributed by atoms with van der Waals surface area (Å²) in [6.45, 7) is 9.42. The van der Waals surface area contributed by atoms with Crippen LogP contribution in [0.15, 0.2) is 58.3 Å². The number of hydrogen-bond acceptors (Lipinski definition) is 4. The summed E-state index contributed by atoms with van der Waals surface area (Å²) in [6.07, 6.45) is 24.2. The van der Waals surface area contributed by atoms with E-state index in [1.807, 2.05) is 0 Å². The van der Waals surface area contributed by atoms with Gasteiger partial charge in [-0.2, -0.15) is 0 Å². The van der Waals surface area contributed by atoms with E-state index in [0.717, 1.165) is 0 Å². The smallest absolute Gasteiger partial charge is 0.336 e. The van der Waals surface area contributed by atoms with Crippen LogP contribution in [0.5, 0.6) is 0 Å². The summed E-state index contributed by atoms with van der Waals surface area (Å²) in [4.78, 5) is 23.4. The average Bonchev–Trinajstić information content (AvgIpc) is 2.97. The van der Waals surface area contributed by atoms with Crippen LogP contribution in [0.2, 0.25) is 0 Å². The van der Waals surface area contributed by atoms with Gasteiger partial charge in [-0.1, -0.05) is 45.9 Å². The van der Waals surface area contributed by atoms with Crippen LogP contribution in [0, 0.1) is 0 Å². The summed E-state index contributed by atoms with van der Waals surface area (Å²) in [5.74, 6) is -2.00. The van der Waals surface area contributed by atoms with Crippen molar-refractivity contribution in [3.05, 3.63) is 59.7 Å². The van der Waals surface area contributed by atoms with Crippen molar-refractivity contribution >= 4 is 40.8 Å². The standard InChI is InChI=1S/C20H45P.C14H10O4S2/c1-5-9-13-17-21(18-14-10-6-2,19-15-11-7-3)20-16-12-8-4;15-13(16)9-5-1-3-7-11(9)19-20-12-8-4-2-6-10(12)14(17)18/h21H,5-20H2,1-4H3;1-8H,(H,15,16)(H,17,18). The van der Waals surface area contributed by atoms with Crippen LogP contribution in [0.1, 0.15) is 125 Å². The molecule has 0 amide bonds. The molecule has 0 bridgehead atoms. The minimum atomic E-state index is -1.000. The zero-order valence-electron chi connectivity index (χ0n) is 26.0. The maximum atomic E-state index is 11.1. The maximum absolute atomic E-state index is 11.1. The number of carboxylic acid groups (broad SMARTS) is 2. The van der Waals surface area contributed by atoms with Crippen molar-refractivity contribution in [2.24, 2.45) is 0 Å². The quantitative estimate of drug-likeness (QED) is 0.0819. The van der Waals surface area contributed by atoms with E-state index in [4.69, 9.17) is 10.2 Å². The van der Waals surface area contributed by atoms with Gasteiger partial charge in [-0.05, 0) is 24.3 Å². The van der Waals surface area contributed by atoms with Crippen molar-refractivity contribution in [1.82, 2.24) is 0 Å². The van der Waals surface area contributed by atoms with Crippen LogP contribution in [-0.4, -0.2) is 46.8 Å². The number of carboxylic acids is 2. The fourth-order valence-electron chi connectivity index (χ4n) is 5.27. The van der Waals surface area contributed by atoms with Crippen molar-refractivity contribution in [3.63, 3.8) is 0 Å². The van der Waals surface area contributed by atoms with Gasteiger partial charge in [0.1, 0.15) is 0 Å². The number of carbonyl (C=O) groups is 2. The van der Waals surface area contributed by atoms with E-state index in [-0.39, 0.29) is 11.1 Å². The zero-order valence-corrected chi connectivity index (χ0v) is 28.6. The third-order valence-electron chi connectivity index (χ3n) is 7.70. The molecule has 2 aromatic carbocycles. The molecule has 0 saturated carbocycles. The number of unbranched alkanes of at least 4 members (excludes halogenated alkanes) is 8. The third-order valence-corrected chi connectivity index (χ3v) is 15.8. The van der Waals surface area contributed by atoms with Crippen molar-refractivity contribution in [1.29, 1.82) is 0 Å². The molecule has 2 N–H and O–H groups in total. The van der Waals surface area contributed by atoms with Gasteiger partial charge in [0.05, 0.1) is 11.1 Å². The fourth-order valence-corrected chi connectivity index (χ4v) is 13.1. The van der Waals surface area contributed by atoms with Gasteiger partial charge in [-0.15, -0.1) is 0 Å². The Balaban J connectivity index is 0.000000410. The van der Waals surface area contributed by atoms with Crippen molar-refractivity contribution in [2.45, 2.75) is 115 Å². The molecule has 232 valence electrons. The molecule has 2 aromatic rings. The number of aromatic carboxylic acids is 2. The Labute approximate surface area is 258 Å². The van der Waals surface area contributed by atoms with Crippen LogP contribution >= 0.6 is 28.9 Å². The van der Waals surface area contributed by atoms with Crippen LogP contribution in [0.3, 0.4) is 0 Å². The van der Waals surface area contributed by atoms with Crippen molar-refractivity contribution in [3.8, 4) is 0 Å². The molecule has 0 saturated heterocycles. The number of hydrogen-bond donors (Lipinski definition) is 2. The van der Waals surface area contributed by atoms with E-state index in [1.54, 1.807) is 61.0 Å². The Morgan fingerprint density at radius 3 is 1.10 bits per heavy atom. The van der Waals surface area contributed by atoms with Crippen molar-refractivity contribution < 1.29 is 19.8 Å². The largest absolute Gasteiger partial charge is 0.478 e. The van der Waals surface area contributed by atoms with Gasteiger partial charge in [-0.3, -0.25) is 0 Å². The molecule has 41 heavy (non-hydrogen) atoms.